The lowest BCUT2D eigenvalue weighted by Crippen LogP contribution is -2.29. The first-order chi connectivity index (χ1) is 5.75. The van der Waals surface area contributed by atoms with Crippen LogP contribution in [0.25, 0.3) is 0 Å². The largest absolute Gasteiger partial charge is 0.393 e. The van der Waals surface area contributed by atoms with Gasteiger partial charge in [0.15, 0.2) is 0 Å². The van der Waals surface area contributed by atoms with E-state index in [2.05, 4.69) is 0 Å². The Kier molecular flexibility index (Phi) is 4.93. The van der Waals surface area contributed by atoms with Crippen molar-refractivity contribution in [3.05, 3.63) is 0 Å². The van der Waals surface area contributed by atoms with E-state index in [0.29, 0.717) is 5.92 Å². The average molecular weight is 188 g/mol. The standard InChI is InChI=1S/C11H24O2/c1-8(2)10(12)7-6-9(3)11(4,5)13/h8-10,12-13H,6-7H2,1-5H3. The molecule has 0 aliphatic carbocycles. The van der Waals surface area contributed by atoms with E-state index in [9.17, 15) is 10.2 Å². The van der Waals surface area contributed by atoms with Crippen molar-refractivity contribution in [1.29, 1.82) is 0 Å². The summed E-state index contributed by atoms with van der Waals surface area (Å²) in [5, 5.41) is 19.2. The van der Waals surface area contributed by atoms with Crippen LogP contribution in [-0.2, 0) is 0 Å². The summed E-state index contributed by atoms with van der Waals surface area (Å²) in [5.74, 6) is 0.551. The molecule has 0 bridgehead atoms. The van der Waals surface area contributed by atoms with Crippen molar-refractivity contribution in [2.75, 3.05) is 0 Å². The lowest BCUT2D eigenvalue weighted by molar-refractivity contribution is 0.0116. The molecular formula is C11H24O2. The molecule has 0 saturated heterocycles. The molecular weight excluding hydrogens is 164 g/mol. The van der Waals surface area contributed by atoms with Gasteiger partial charge in [0.25, 0.3) is 0 Å². The Morgan fingerprint density at radius 3 is 1.85 bits per heavy atom. The molecule has 80 valence electrons. The van der Waals surface area contributed by atoms with Gasteiger partial charge in [0, 0.05) is 0 Å². The molecule has 0 aromatic rings. The number of hydrogen-bond donors (Lipinski definition) is 2. The first-order valence-corrected chi connectivity index (χ1v) is 5.15. The van der Waals surface area contributed by atoms with Crippen molar-refractivity contribution < 1.29 is 10.2 Å². The Hall–Kier alpha value is -0.0800. The maximum Gasteiger partial charge on any atom is 0.0617 e. The molecule has 0 aromatic heterocycles. The van der Waals surface area contributed by atoms with Gasteiger partial charge in [0.1, 0.15) is 0 Å². The van der Waals surface area contributed by atoms with Gasteiger partial charge < -0.3 is 10.2 Å². The Labute approximate surface area is 82.0 Å². The highest BCUT2D eigenvalue weighted by molar-refractivity contribution is 4.74. The number of hydrogen-bond acceptors (Lipinski definition) is 2. The summed E-state index contributed by atoms with van der Waals surface area (Å²) in [5.41, 5.74) is -0.628. The van der Waals surface area contributed by atoms with Gasteiger partial charge in [-0.2, -0.15) is 0 Å². The van der Waals surface area contributed by atoms with Crippen LogP contribution in [-0.4, -0.2) is 21.9 Å². The van der Waals surface area contributed by atoms with Gasteiger partial charge in [-0.05, 0) is 38.5 Å². The van der Waals surface area contributed by atoms with Crippen molar-refractivity contribution in [3.63, 3.8) is 0 Å². The first-order valence-electron chi connectivity index (χ1n) is 5.15. The maximum absolute atomic E-state index is 9.66. The minimum absolute atomic E-state index is 0.232. The Balaban J connectivity index is 3.77. The van der Waals surface area contributed by atoms with Gasteiger partial charge in [-0.15, -0.1) is 0 Å². The van der Waals surface area contributed by atoms with Gasteiger partial charge in [0.05, 0.1) is 11.7 Å². The first kappa shape index (κ1) is 12.9. The molecule has 0 radical (unpaired) electrons. The van der Waals surface area contributed by atoms with E-state index in [1.807, 2.05) is 34.6 Å². The van der Waals surface area contributed by atoms with Gasteiger partial charge in [0.2, 0.25) is 0 Å². The minimum Gasteiger partial charge on any atom is -0.393 e. The SMILES string of the molecule is CC(C)C(O)CCC(C)C(C)(C)O. The monoisotopic (exact) mass is 188 g/mol. The quantitative estimate of drug-likeness (QED) is 0.694. The molecule has 13 heavy (non-hydrogen) atoms. The van der Waals surface area contributed by atoms with E-state index in [1.54, 1.807) is 0 Å². The fourth-order valence-electron chi connectivity index (χ4n) is 1.11. The van der Waals surface area contributed by atoms with Gasteiger partial charge in [-0.1, -0.05) is 20.8 Å². The predicted molar refractivity (Wildman–Crippen MR) is 55.5 cm³/mol. The number of aliphatic hydroxyl groups is 2. The molecule has 2 atom stereocenters. The normalized spacial score (nSPS) is 17.5. The second-order valence-corrected chi connectivity index (χ2v) is 4.94. The van der Waals surface area contributed by atoms with E-state index in [1.165, 1.54) is 0 Å². The van der Waals surface area contributed by atoms with Crippen molar-refractivity contribution in [1.82, 2.24) is 0 Å². The molecule has 0 saturated carbocycles. The summed E-state index contributed by atoms with van der Waals surface area (Å²) < 4.78 is 0. The van der Waals surface area contributed by atoms with Crippen LogP contribution in [0.2, 0.25) is 0 Å². The van der Waals surface area contributed by atoms with Gasteiger partial charge in [-0.3, -0.25) is 0 Å². The van der Waals surface area contributed by atoms with Crippen LogP contribution in [0.15, 0.2) is 0 Å². The van der Waals surface area contributed by atoms with Crippen LogP contribution in [0.4, 0.5) is 0 Å². The second kappa shape index (κ2) is 4.97. The molecule has 0 aromatic carbocycles. The van der Waals surface area contributed by atoms with Gasteiger partial charge in [-0.25, -0.2) is 0 Å². The van der Waals surface area contributed by atoms with Crippen molar-refractivity contribution in [3.8, 4) is 0 Å². The molecule has 2 nitrogen and oxygen atoms in total. The Bertz CT molecular complexity index is 136. The zero-order valence-corrected chi connectivity index (χ0v) is 9.54. The van der Waals surface area contributed by atoms with Crippen LogP contribution in [0, 0.1) is 11.8 Å². The molecule has 0 aliphatic heterocycles. The fraction of sp³-hybridized carbons (Fsp3) is 1.00. The summed E-state index contributed by atoms with van der Waals surface area (Å²) in [6.45, 7) is 9.69. The molecule has 2 heteroatoms. The molecule has 2 unspecified atom stereocenters. The van der Waals surface area contributed by atoms with Gasteiger partial charge >= 0.3 is 0 Å². The van der Waals surface area contributed by atoms with E-state index < -0.39 is 5.60 Å². The predicted octanol–water partition coefficient (Wildman–Crippen LogP) is 2.19. The maximum atomic E-state index is 9.66. The highest BCUT2D eigenvalue weighted by atomic mass is 16.3. The number of aliphatic hydroxyl groups excluding tert-OH is 1. The summed E-state index contributed by atoms with van der Waals surface area (Å²) in [6, 6.07) is 0. The molecule has 0 amide bonds. The summed E-state index contributed by atoms with van der Waals surface area (Å²) in [7, 11) is 0. The lowest BCUT2D eigenvalue weighted by Gasteiger charge is -2.27. The average Bonchev–Trinajstić information content (AvgIpc) is 1.97. The Morgan fingerprint density at radius 2 is 1.54 bits per heavy atom. The Morgan fingerprint density at radius 1 is 1.08 bits per heavy atom. The third kappa shape index (κ3) is 5.27. The second-order valence-electron chi connectivity index (χ2n) is 4.94. The fourth-order valence-corrected chi connectivity index (χ4v) is 1.11. The topological polar surface area (TPSA) is 40.5 Å². The van der Waals surface area contributed by atoms with Crippen molar-refractivity contribution in [2.24, 2.45) is 11.8 Å². The highest BCUT2D eigenvalue weighted by Gasteiger charge is 2.23. The van der Waals surface area contributed by atoms with Crippen LogP contribution in [0.3, 0.4) is 0 Å². The smallest absolute Gasteiger partial charge is 0.0617 e. The summed E-state index contributed by atoms with van der Waals surface area (Å²) in [4.78, 5) is 0. The van der Waals surface area contributed by atoms with E-state index in [0.717, 1.165) is 12.8 Å². The van der Waals surface area contributed by atoms with Crippen LogP contribution in [0.1, 0.15) is 47.5 Å². The third-order valence-corrected chi connectivity index (χ3v) is 2.87. The number of rotatable bonds is 5. The highest BCUT2D eigenvalue weighted by Crippen LogP contribution is 2.22. The third-order valence-electron chi connectivity index (χ3n) is 2.87. The molecule has 0 rings (SSSR count). The van der Waals surface area contributed by atoms with E-state index in [-0.39, 0.29) is 12.0 Å². The molecule has 0 aliphatic rings. The van der Waals surface area contributed by atoms with E-state index in [4.69, 9.17) is 0 Å². The lowest BCUT2D eigenvalue weighted by atomic mass is 9.87. The summed E-state index contributed by atoms with van der Waals surface area (Å²) >= 11 is 0. The van der Waals surface area contributed by atoms with Crippen molar-refractivity contribution in [2.45, 2.75) is 59.2 Å². The minimum atomic E-state index is -0.628. The molecule has 0 spiro atoms. The molecule has 0 fully saturated rings. The molecule has 2 N–H and O–H groups in total. The zero-order chi connectivity index (χ0) is 10.6. The summed E-state index contributed by atoms with van der Waals surface area (Å²) in [6.07, 6.45) is 1.43. The van der Waals surface area contributed by atoms with E-state index >= 15 is 0 Å². The van der Waals surface area contributed by atoms with Crippen molar-refractivity contribution >= 4 is 0 Å². The van der Waals surface area contributed by atoms with Crippen LogP contribution in [0.5, 0.6) is 0 Å². The van der Waals surface area contributed by atoms with Crippen LogP contribution < -0.4 is 0 Å². The zero-order valence-electron chi connectivity index (χ0n) is 9.54. The van der Waals surface area contributed by atoms with Crippen LogP contribution >= 0.6 is 0 Å². The molecule has 0 heterocycles.